The molecule has 0 aliphatic heterocycles. The highest BCUT2D eigenvalue weighted by atomic mass is 79.9. The van der Waals surface area contributed by atoms with E-state index in [1.54, 1.807) is 13.0 Å². The van der Waals surface area contributed by atoms with Gasteiger partial charge in [0.1, 0.15) is 0 Å². The van der Waals surface area contributed by atoms with Gasteiger partial charge in [0.25, 0.3) is 5.69 Å². The Morgan fingerprint density at radius 1 is 1.62 bits per heavy atom. The quantitative estimate of drug-likeness (QED) is 0.640. The molecule has 0 aliphatic carbocycles. The summed E-state index contributed by atoms with van der Waals surface area (Å²) in [7, 11) is 0. The second kappa shape index (κ2) is 3.85. The molecule has 0 saturated heterocycles. The van der Waals surface area contributed by atoms with E-state index in [0.717, 1.165) is 10.0 Å². The number of nitrogens with zero attached hydrogens (tertiary/aromatic N) is 1. The fraction of sp³-hybridized carbons (Fsp3) is 0.250. The van der Waals surface area contributed by atoms with Crippen molar-refractivity contribution in [2.24, 2.45) is 5.73 Å². The Balaban J connectivity index is 3.38. The molecule has 2 N–H and O–H groups in total. The summed E-state index contributed by atoms with van der Waals surface area (Å²) in [5, 5.41) is 10.6. The van der Waals surface area contributed by atoms with Crippen molar-refractivity contribution in [1.29, 1.82) is 0 Å². The van der Waals surface area contributed by atoms with Gasteiger partial charge in [-0.15, -0.1) is 0 Å². The second-order valence-corrected chi connectivity index (χ2v) is 3.49. The number of hydrogen-bond donors (Lipinski definition) is 1. The molecule has 0 aromatic heterocycles. The molecule has 0 fully saturated rings. The Morgan fingerprint density at radius 2 is 2.23 bits per heavy atom. The van der Waals surface area contributed by atoms with Crippen LogP contribution in [-0.4, -0.2) is 4.92 Å². The third-order valence-corrected chi connectivity index (χ3v) is 2.77. The van der Waals surface area contributed by atoms with Crippen LogP contribution in [-0.2, 0) is 6.54 Å². The predicted octanol–water partition coefficient (Wildman–Crippen LogP) is 2.12. The third kappa shape index (κ3) is 1.87. The van der Waals surface area contributed by atoms with E-state index in [1.165, 1.54) is 6.07 Å². The summed E-state index contributed by atoms with van der Waals surface area (Å²) in [6, 6.07) is 3.12. The molecule has 0 amide bonds. The molecule has 70 valence electrons. The van der Waals surface area contributed by atoms with Gasteiger partial charge < -0.3 is 5.73 Å². The van der Waals surface area contributed by atoms with Crippen LogP contribution in [0.15, 0.2) is 16.6 Å². The van der Waals surface area contributed by atoms with Gasteiger partial charge in [0, 0.05) is 22.6 Å². The lowest BCUT2D eigenvalue weighted by molar-refractivity contribution is -0.385. The first kappa shape index (κ1) is 10.1. The normalized spacial score (nSPS) is 10.1. The summed E-state index contributed by atoms with van der Waals surface area (Å²) in [5.74, 6) is 0. The molecule has 0 unspecified atom stereocenters. The molecule has 0 radical (unpaired) electrons. The molecule has 0 heterocycles. The van der Waals surface area contributed by atoms with Crippen LogP contribution < -0.4 is 5.73 Å². The highest BCUT2D eigenvalue weighted by Crippen LogP contribution is 2.27. The van der Waals surface area contributed by atoms with E-state index in [4.69, 9.17) is 5.73 Å². The zero-order valence-corrected chi connectivity index (χ0v) is 8.67. The van der Waals surface area contributed by atoms with E-state index < -0.39 is 4.92 Å². The van der Waals surface area contributed by atoms with Crippen molar-refractivity contribution in [2.45, 2.75) is 13.5 Å². The second-order valence-electron chi connectivity index (χ2n) is 2.63. The standard InChI is InChI=1S/C8H9BrN2O2/c1-5-6(4-10)8(11(12)13)3-2-7(5)9/h2-3H,4,10H2,1H3. The van der Waals surface area contributed by atoms with Crippen LogP contribution >= 0.6 is 15.9 Å². The SMILES string of the molecule is Cc1c(Br)ccc([N+](=O)[O-])c1CN. The maximum Gasteiger partial charge on any atom is 0.274 e. The third-order valence-electron chi connectivity index (χ3n) is 1.91. The van der Waals surface area contributed by atoms with Crippen LogP contribution in [0.3, 0.4) is 0 Å². The van der Waals surface area contributed by atoms with Crippen molar-refractivity contribution in [3.8, 4) is 0 Å². The van der Waals surface area contributed by atoms with Gasteiger partial charge in [-0.1, -0.05) is 15.9 Å². The van der Waals surface area contributed by atoms with Gasteiger partial charge >= 0.3 is 0 Å². The van der Waals surface area contributed by atoms with Gasteiger partial charge in [0.05, 0.1) is 4.92 Å². The maximum absolute atomic E-state index is 10.6. The summed E-state index contributed by atoms with van der Waals surface area (Å²) >= 11 is 3.29. The van der Waals surface area contributed by atoms with Crippen LogP contribution in [0.1, 0.15) is 11.1 Å². The molecule has 0 aliphatic rings. The molecular formula is C8H9BrN2O2. The molecule has 4 nitrogen and oxygen atoms in total. The summed E-state index contributed by atoms with van der Waals surface area (Å²) < 4.78 is 0.846. The number of benzene rings is 1. The lowest BCUT2D eigenvalue weighted by Gasteiger charge is -2.05. The van der Waals surface area contributed by atoms with Crippen molar-refractivity contribution in [3.63, 3.8) is 0 Å². The van der Waals surface area contributed by atoms with Gasteiger partial charge in [-0.25, -0.2) is 0 Å². The van der Waals surface area contributed by atoms with E-state index >= 15 is 0 Å². The first-order valence-corrected chi connectivity index (χ1v) is 4.49. The van der Waals surface area contributed by atoms with Gasteiger partial charge in [0.2, 0.25) is 0 Å². The van der Waals surface area contributed by atoms with Gasteiger partial charge in [-0.05, 0) is 18.6 Å². The van der Waals surface area contributed by atoms with Crippen molar-refractivity contribution in [2.75, 3.05) is 0 Å². The molecule has 1 aromatic carbocycles. The fourth-order valence-corrected chi connectivity index (χ4v) is 1.51. The number of halogens is 1. The number of nitro groups is 1. The largest absolute Gasteiger partial charge is 0.326 e. The highest BCUT2D eigenvalue weighted by Gasteiger charge is 2.15. The van der Waals surface area contributed by atoms with Crippen LogP contribution in [0.5, 0.6) is 0 Å². The minimum Gasteiger partial charge on any atom is -0.326 e. The number of nitrogens with two attached hydrogens (primary N) is 1. The highest BCUT2D eigenvalue weighted by molar-refractivity contribution is 9.10. The van der Waals surface area contributed by atoms with E-state index in [9.17, 15) is 10.1 Å². The van der Waals surface area contributed by atoms with Gasteiger partial charge in [-0.3, -0.25) is 10.1 Å². The topological polar surface area (TPSA) is 69.2 Å². The van der Waals surface area contributed by atoms with E-state index in [0.29, 0.717) is 5.56 Å². The molecule has 1 aromatic rings. The van der Waals surface area contributed by atoms with Gasteiger partial charge in [-0.2, -0.15) is 0 Å². The summed E-state index contributed by atoms with van der Waals surface area (Å²) in [4.78, 5) is 10.2. The molecule has 0 bridgehead atoms. The molecule has 0 saturated carbocycles. The molecule has 13 heavy (non-hydrogen) atoms. The van der Waals surface area contributed by atoms with Crippen LogP contribution in [0.4, 0.5) is 5.69 Å². The number of hydrogen-bond acceptors (Lipinski definition) is 3. The first-order chi connectivity index (χ1) is 6.07. The summed E-state index contributed by atoms with van der Waals surface area (Å²) in [6.07, 6.45) is 0. The van der Waals surface area contributed by atoms with Crippen molar-refractivity contribution in [3.05, 3.63) is 37.8 Å². The van der Waals surface area contributed by atoms with Crippen LogP contribution in [0.2, 0.25) is 0 Å². The molecule has 0 atom stereocenters. The van der Waals surface area contributed by atoms with Crippen LogP contribution in [0.25, 0.3) is 0 Å². The Labute approximate surface area is 84.0 Å². The average Bonchev–Trinajstić information content (AvgIpc) is 2.09. The smallest absolute Gasteiger partial charge is 0.274 e. The van der Waals surface area contributed by atoms with E-state index in [2.05, 4.69) is 15.9 Å². The predicted molar refractivity (Wildman–Crippen MR) is 53.4 cm³/mol. The average molecular weight is 245 g/mol. The molecular weight excluding hydrogens is 236 g/mol. The summed E-state index contributed by atoms with van der Waals surface area (Å²) in [6.45, 7) is 1.99. The minimum atomic E-state index is -0.415. The van der Waals surface area contributed by atoms with Crippen molar-refractivity contribution < 1.29 is 4.92 Å². The van der Waals surface area contributed by atoms with E-state index in [-0.39, 0.29) is 12.2 Å². The lowest BCUT2D eigenvalue weighted by Crippen LogP contribution is -2.04. The Hall–Kier alpha value is -0.940. The first-order valence-electron chi connectivity index (χ1n) is 3.70. The lowest BCUT2D eigenvalue weighted by atomic mass is 10.1. The monoisotopic (exact) mass is 244 g/mol. The number of rotatable bonds is 2. The molecule has 5 heteroatoms. The van der Waals surface area contributed by atoms with Crippen LogP contribution in [0, 0.1) is 17.0 Å². The zero-order valence-electron chi connectivity index (χ0n) is 7.08. The Morgan fingerprint density at radius 3 is 2.69 bits per heavy atom. The fourth-order valence-electron chi connectivity index (χ4n) is 1.14. The minimum absolute atomic E-state index is 0.0863. The molecule has 1 rings (SSSR count). The van der Waals surface area contributed by atoms with Crippen molar-refractivity contribution in [1.82, 2.24) is 0 Å². The Bertz CT molecular complexity index is 352. The number of nitro benzene ring substituents is 1. The van der Waals surface area contributed by atoms with Crippen molar-refractivity contribution >= 4 is 21.6 Å². The maximum atomic E-state index is 10.6. The van der Waals surface area contributed by atoms with E-state index in [1.807, 2.05) is 0 Å². The zero-order chi connectivity index (χ0) is 10.0. The molecule has 0 spiro atoms. The van der Waals surface area contributed by atoms with Gasteiger partial charge in [0.15, 0.2) is 0 Å². The Kier molecular flexibility index (Phi) is 3.00. The summed E-state index contributed by atoms with van der Waals surface area (Å²) in [5.41, 5.74) is 6.93.